The predicted molar refractivity (Wildman–Crippen MR) is 76.1 cm³/mol. The van der Waals surface area contributed by atoms with Crippen molar-refractivity contribution in [3.8, 4) is 0 Å². The summed E-state index contributed by atoms with van der Waals surface area (Å²) >= 11 is 3.66. The summed E-state index contributed by atoms with van der Waals surface area (Å²) in [6.07, 6.45) is 4.63. The van der Waals surface area contributed by atoms with Gasteiger partial charge >= 0.3 is 0 Å². The first-order valence-corrected chi connectivity index (χ1v) is 7.38. The normalized spacial score (nSPS) is 23.7. The van der Waals surface area contributed by atoms with E-state index in [-0.39, 0.29) is 11.9 Å². The second-order valence-electron chi connectivity index (χ2n) is 4.97. The van der Waals surface area contributed by atoms with E-state index >= 15 is 0 Å². The molecule has 1 aliphatic rings. The van der Waals surface area contributed by atoms with Crippen molar-refractivity contribution in [3.63, 3.8) is 0 Å². The van der Waals surface area contributed by atoms with Gasteiger partial charge in [-0.05, 0) is 38.8 Å². The molecule has 3 nitrogen and oxygen atoms in total. The Bertz CT molecular complexity index is 447. The smallest absolute Gasteiger partial charge is 0.253 e. The molecule has 1 heterocycles. The van der Waals surface area contributed by atoms with Gasteiger partial charge in [-0.25, -0.2) is 0 Å². The molecule has 0 bridgehead atoms. The Morgan fingerprint density at radius 1 is 1.33 bits per heavy atom. The maximum absolute atomic E-state index is 12.2. The number of aromatic nitrogens is 1. The summed E-state index contributed by atoms with van der Waals surface area (Å²) in [7, 11) is 0. The van der Waals surface area contributed by atoms with Crippen LogP contribution in [0.25, 0.3) is 0 Å². The van der Waals surface area contributed by atoms with Gasteiger partial charge in [0.2, 0.25) is 0 Å². The van der Waals surface area contributed by atoms with Crippen molar-refractivity contribution < 1.29 is 4.79 Å². The standard InChI is InChI=1S/C14H19BrN2O/c1-9-7-8-11(10(2)16-9)14(18)17-13-6-4-3-5-12(13)15/h7-8,12-13H,3-6H2,1-2H3,(H,17,18). The molecule has 18 heavy (non-hydrogen) atoms. The maximum atomic E-state index is 12.2. The molecule has 0 aromatic carbocycles. The molecule has 0 saturated heterocycles. The number of hydrogen-bond acceptors (Lipinski definition) is 2. The van der Waals surface area contributed by atoms with Crippen molar-refractivity contribution in [2.24, 2.45) is 0 Å². The Morgan fingerprint density at radius 2 is 2.06 bits per heavy atom. The summed E-state index contributed by atoms with van der Waals surface area (Å²) in [4.78, 5) is 16.9. The molecule has 1 aliphatic carbocycles. The number of amides is 1. The number of carbonyl (C=O) groups excluding carboxylic acids is 1. The second kappa shape index (κ2) is 5.83. The molecule has 1 saturated carbocycles. The van der Waals surface area contributed by atoms with Crippen LogP contribution in [0.4, 0.5) is 0 Å². The fourth-order valence-electron chi connectivity index (χ4n) is 2.42. The molecular formula is C14H19BrN2O. The van der Waals surface area contributed by atoms with Crippen LogP contribution < -0.4 is 5.32 Å². The van der Waals surface area contributed by atoms with Crippen LogP contribution in [0.2, 0.25) is 0 Å². The molecule has 1 N–H and O–H groups in total. The summed E-state index contributed by atoms with van der Waals surface area (Å²) in [6.45, 7) is 3.82. The highest BCUT2D eigenvalue weighted by Gasteiger charge is 2.25. The van der Waals surface area contributed by atoms with Crippen LogP contribution in [-0.2, 0) is 0 Å². The number of halogens is 1. The summed E-state index contributed by atoms with van der Waals surface area (Å²) in [6, 6.07) is 3.99. The van der Waals surface area contributed by atoms with E-state index in [0.29, 0.717) is 10.4 Å². The third-order valence-corrected chi connectivity index (χ3v) is 4.56. The number of hydrogen-bond donors (Lipinski definition) is 1. The van der Waals surface area contributed by atoms with Gasteiger partial charge < -0.3 is 5.32 Å². The monoisotopic (exact) mass is 310 g/mol. The van der Waals surface area contributed by atoms with Gasteiger partial charge in [-0.3, -0.25) is 9.78 Å². The minimum Gasteiger partial charge on any atom is -0.348 e. The first kappa shape index (κ1) is 13.5. The van der Waals surface area contributed by atoms with E-state index in [9.17, 15) is 4.79 Å². The average Bonchev–Trinajstić information content (AvgIpc) is 2.32. The molecule has 2 rings (SSSR count). The van der Waals surface area contributed by atoms with Gasteiger partial charge in [0.25, 0.3) is 5.91 Å². The molecule has 1 amide bonds. The van der Waals surface area contributed by atoms with Gasteiger partial charge in [0.1, 0.15) is 0 Å². The Labute approximate surface area is 117 Å². The quantitative estimate of drug-likeness (QED) is 0.853. The van der Waals surface area contributed by atoms with E-state index in [1.165, 1.54) is 12.8 Å². The van der Waals surface area contributed by atoms with Crippen LogP contribution in [0.3, 0.4) is 0 Å². The number of alkyl halides is 1. The first-order valence-electron chi connectivity index (χ1n) is 6.47. The number of aryl methyl sites for hydroxylation is 2. The fourth-order valence-corrected chi connectivity index (χ4v) is 3.14. The van der Waals surface area contributed by atoms with Gasteiger partial charge in [-0.1, -0.05) is 28.8 Å². The van der Waals surface area contributed by atoms with Crippen LogP contribution in [0.1, 0.15) is 47.4 Å². The Morgan fingerprint density at radius 3 is 2.72 bits per heavy atom. The van der Waals surface area contributed by atoms with Crippen molar-refractivity contribution in [1.82, 2.24) is 10.3 Å². The summed E-state index contributed by atoms with van der Waals surface area (Å²) < 4.78 is 0. The van der Waals surface area contributed by atoms with Crippen molar-refractivity contribution >= 4 is 21.8 Å². The van der Waals surface area contributed by atoms with Crippen LogP contribution in [0, 0.1) is 13.8 Å². The molecule has 1 aromatic heterocycles. The maximum Gasteiger partial charge on any atom is 0.253 e. The minimum atomic E-state index is -0.00338. The van der Waals surface area contributed by atoms with Crippen molar-refractivity contribution in [2.75, 3.05) is 0 Å². The molecule has 1 fully saturated rings. The lowest BCUT2D eigenvalue weighted by molar-refractivity contribution is 0.0929. The largest absolute Gasteiger partial charge is 0.348 e. The van der Waals surface area contributed by atoms with E-state index in [4.69, 9.17) is 0 Å². The average molecular weight is 311 g/mol. The number of pyridine rings is 1. The van der Waals surface area contributed by atoms with Crippen LogP contribution in [0.15, 0.2) is 12.1 Å². The predicted octanol–water partition coefficient (Wildman–Crippen LogP) is 3.13. The molecule has 2 unspecified atom stereocenters. The third-order valence-electron chi connectivity index (χ3n) is 3.47. The first-order chi connectivity index (χ1) is 8.58. The zero-order valence-corrected chi connectivity index (χ0v) is 12.5. The lowest BCUT2D eigenvalue weighted by Crippen LogP contribution is -2.42. The van der Waals surface area contributed by atoms with E-state index < -0.39 is 0 Å². The third kappa shape index (κ3) is 3.10. The summed E-state index contributed by atoms with van der Waals surface area (Å²) in [5.74, 6) is -0.00338. The van der Waals surface area contributed by atoms with E-state index in [0.717, 1.165) is 24.2 Å². The van der Waals surface area contributed by atoms with Crippen molar-refractivity contribution in [2.45, 2.75) is 50.4 Å². The highest BCUT2D eigenvalue weighted by atomic mass is 79.9. The lowest BCUT2D eigenvalue weighted by atomic mass is 9.95. The highest BCUT2D eigenvalue weighted by Crippen LogP contribution is 2.24. The van der Waals surface area contributed by atoms with Crippen LogP contribution in [0.5, 0.6) is 0 Å². The van der Waals surface area contributed by atoms with Crippen LogP contribution in [-0.4, -0.2) is 21.8 Å². The van der Waals surface area contributed by atoms with Gasteiger partial charge in [-0.2, -0.15) is 0 Å². The minimum absolute atomic E-state index is 0.00338. The van der Waals surface area contributed by atoms with Crippen LogP contribution >= 0.6 is 15.9 Å². The fraction of sp³-hybridized carbons (Fsp3) is 0.571. The van der Waals surface area contributed by atoms with Crippen molar-refractivity contribution in [3.05, 3.63) is 29.1 Å². The number of rotatable bonds is 2. The van der Waals surface area contributed by atoms with Gasteiger partial charge in [0, 0.05) is 16.6 Å². The van der Waals surface area contributed by atoms with E-state index in [2.05, 4.69) is 26.2 Å². The van der Waals surface area contributed by atoms with E-state index in [1.54, 1.807) is 0 Å². The lowest BCUT2D eigenvalue weighted by Gasteiger charge is -2.28. The molecule has 1 aromatic rings. The van der Waals surface area contributed by atoms with E-state index in [1.807, 2.05) is 26.0 Å². The van der Waals surface area contributed by atoms with Gasteiger partial charge in [0.05, 0.1) is 11.3 Å². The molecule has 4 heteroatoms. The topological polar surface area (TPSA) is 42.0 Å². The zero-order chi connectivity index (χ0) is 13.1. The zero-order valence-electron chi connectivity index (χ0n) is 10.9. The van der Waals surface area contributed by atoms with Gasteiger partial charge in [0.15, 0.2) is 0 Å². The van der Waals surface area contributed by atoms with Crippen molar-refractivity contribution in [1.29, 1.82) is 0 Å². The molecular weight excluding hydrogens is 292 g/mol. The summed E-state index contributed by atoms with van der Waals surface area (Å²) in [5, 5.41) is 3.12. The van der Waals surface area contributed by atoms with Gasteiger partial charge in [-0.15, -0.1) is 0 Å². The SMILES string of the molecule is Cc1ccc(C(=O)NC2CCCCC2Br)c(C)n1. The number of nitrogens with one attached hydrogen (secondary N) is 1. The second-order valence-corrected chi connectivity index (χ2v) is 6.14. The number of nitrogens with zero attached hydrogens (tertiary/aromatic N) is 1. The molecule has 0 radical (unpaired) electrons. The molecule has 0 spiro atoms. The summed E-state index contributed by atoms with van der Waals surface area (Å²) in [5.41, 5.74) is 2.43. The Hall–Kier alpha value is -0.900. The number of carbonyl (C=O) groups is 1. The Balaban J connectivity index is 2.07. The molecule has 98 valence electrons. The highest BCUT2D eigenvalue weighted by molar-refractivity contribution is 9.09. The Kier molecular flexibility index (Phi) is 4.38. The molecule has 2 atom stereocenters. The molecule has 0 aliphatic heterocycles.